The Bertz CT molecular complexity index is 718. The van der Waals surface area contributed by atoms with Gasteiger partial charge in [0.15, 0.2) is 0 Å². The Hall–Kier alpha value is -2.13. The Labute approximate surface area is 118 Å². The molecule has 3 nitrogen and oxygen atoms in total. The predicted molar refractivity (Wildman–Crippen MR) is 80.7 cm³/mol. The normalized spacial score (nSPS) is 12.7. The van der Waals surface area contributed by atoms with Gasteiger partial charge in [0.05, 0.1) is 11.6 Å². The van der Waals surface area contributed by atoms with Crippen molar-refractivity contribution in [3.8, 4) is 0 Å². The minimum Gasteiger partial charge on any atom is -0.464 e. The van der Waals surface area contributed by atoms with Gasteiger partial charge in [0.25, 0.3) is 0 Å². The molecule has 0 saturated carbocycles. The fourth-order valence-corrected chi connectivity index (χ4v) is 2.46. The molecule has 3 heteroatoms. The van der Waals surface area contributed by atoms with Gasteiger partial charge in [0, 0.05) is 18.0 Å². The van der Waals surface area contributed by atoms with Gasteiger partial charge < -0.3 is 9.73 Å². The molecule has 0 amide bonds. The van der Waals surface area contributed by atoms with E-state index in [1.165, 1.54) is 0 Å². The quantitative estimate of drug-likeness (QED) is 0.782. The van der Waals surface area contributed by atoms with Gasteiger partial charge in [-0.25, -0.2) is 0 Å². The number of furan rings is 1. The van der Waals surface area contributed by atoms with Crippen molar-refractivity contribution in [1.29, 1.82) is 0 Å². The highest BCUT2D eigenvalue weighted by Crippen LogP contribution is 2.25. The van der Waals surface area contributed by atoms with Crippen LogP contribution in [0.5, 0.6) is 0 Å². The van der Waals surface area contributed by atoms with Crippen molar-refractivity contribution in [2.45, 2.75) is 19.4 Å². The highest BCUT2D eigenvalue weighted by atomic mass is 16.3. The number of nitrogens with one attached hydrogen (secondary N) is 1. The van der Waals surface area contributed by atoms with Gasteiger partial charge >= 0.3 is 0 Å². The van der Waals surface area contributed by atoms with E-state index in [4.69, 9.17) is 4.42 Å². The topological polar surface area (TPSA) is 38.1 Å². The molecule has 2 aromatic heterocycles. The van der Waals surface area contributed by atoms with Crippen LogP contribution in [-0.4, -0.2) is 12.0 Å². The first kappa shape index (κ1) is 12.9. The van der Waals surface area contributed by atoms with Crippen molar-refractivity contribution in [2.24, 2.45) is 0 Å². The zero-order valence-corrected chi connectivity index (χ0v) is 11.8. The van der Waals surface area contributed by atoms with E-state index >= 15 is 0 Å². The van der Waals surface area contributed by atoms with Crippen LogP contribution in [-0.2, 0) is 6.42 Å². The van der Waals surface area contributed by atoms with Gasteiger partial charge in [-0.1, -0.05) is 25.1 Å². The lowest BCUT2D eigenvalue weighted by atomic mass is 10.0. The smallest absolute Gasteiger partial charge is 0.125 e. The van der Waals surface area contributed by atoms with Gasteiger partial charge in [-0.05, 0) is 36.9 Å². The molecular formula is C17H18N2O. The van der Waals surface area contributed by atoms with Crippen LogP contribution >= 0.6 is 0 Å². The van der Waals surface area contributed by atoms with Crippen molar-refractivity contribution >= 4 is 10.9 Å². The number of para-hydroxylation sites is 1. The molecule has 0 spiro atoms. The number of aromatic nitrogens is 1. The Morgan fingerprint density at radius 3 is 2.80 bits per heavy atom. The molecule has 2 heterocycles. The summed E-state index contributed by atoms with van der Waals surface area (Å²) in [7, 11) is 1.94. The van der Waals surface area contributed by atoms with E-state index in [0.717, 1.165) is 34.4 Å². The molecule has 0 aliphatic rings. The third-order valence-electron chi connectivity index (χ3n) is 3.55. The molecule has 0 bridgehead atoms. The second-order valence-electron chi connectivity index (χ2n) is 4.84. The SMILES string of the molecule is CCc1ccc(C(NC)c2cnc3ccccc3c2)o1. The number of aryl methyl sites for hydroxylation is 1. The van der Waals surface area contributed by atoms with Crippen LogP contribution in [0.25, 0.3) is 10.9 Å². The third kappa shape index (κ3) is 2.32. The van der Waals surface area contributed by atoms with Crippen LogP contribution in [0.15, 0.2) is 53.1 Å². The summed E-state index contributed by atoms with van der Waals surface area (Å²) >= 11 is 0. The number of nitrogens with zero attached hydrogens (tertiary/aromatic N) is 1. The van der Waals surface area contributed by atoms with Crippen molar-refractivity contribution in [3.05, 3.63) is 65.7 Å². The molecule has 3 rings (SSSR count). The second kappa shape index (κ2) is 5.47. The van der Waals surface area contributed by atoms with Crippen molar-refractivity contribution in [2.75, 3.05) is 7.05 Å². The average molecular weight is 266 g/mol. The highest BCUT2D eigenvalue weighted by Gasteiger charge is 2.16. The van der Waals surface area contributed by atoms with Gasteiger partial charge in [-0.2, -0.15) is 0 Å². The Kier molecular flexibility index (Phi) is 3.52. The molecule has 0 aliphatic heterocycles. The molecular weight excluding hydrogens is 248 g/mol. The second-order valence-corrected chi connectivity index (χ2v) is 4.84. The lowest BCUT2D eigenvalue weighted by Gasteiger charge is -2.14. The number of pyridine rings is 1. The maximum absolute atomic E-state index is 5.86. The van der Waals surface area contributed by atoms with Crippen LogP contribution in [0.3, 0.4) is 0 Å². The molecule has 0 aliphatic carbocycles. The van der Waals surface area contributed by atoms with Crippen LogP contribution in [0.4, 0.5) is 0 Å². The summed E-state index contributed by atoms with van der Waals surface area (Å²) < 4.78 is 5.86. The first-order valence-corrected chi connectivity index (χ1v) is 6.92. The maximum Gasteiger partial charge on any atom is 0.125 e. The van der Waals surface area contributed by atoms with E-state index < -0.39 is 0 Å². The zero-order valence-electron chi connectivity index (χ0n) is 11.8. The minimum absolute atomic E-state index is 0.0346. The van der Waals surface area contributed by atoms with E-state index in [1.54, 1.807) is 0 Å². The van der Waals surface area contributed by atoms with Gasteiger partial charge in [-0.3, -0.25) is 4.98 Å². The number of fused-ring (bicyclic) bond motifs is 1. The lowest BCUT2D eigenvalue weighted by molar-refractivity contribution is 0.434. The van der Waals surface area contributed by atoms with Crippen molar-refractivity contribution < 1.29 is 4.42 Å². The molecule has 20 heavy (non-hydrogen) atoms. The monoisotopic (exact) mass is 266 g/mol. The highest BCUT2D eigenvalue weighted by molar-refractivity contribution is 5.78. The third-order valence-corrected chi connectivity index (χ3v) is 3.55. The molecule has 1 aromatic carbocycles. The summed E-state index contributed by atoms with van der Waals surface area (Å²) in [5, 5.41) is 4.45. The summed E-state index contributed by atoms with van der Waals surface area (Å²) in [6.45, 7) is 2.09. The first-order chi connectivity index (χ1) is 9.81. The molecule has 3 aromatic rings. The van der Waals surface area contributed by atoms with E-state index in [1.807, 2.05) is 43.6 Å². The molecule has 1 atom stereocenters. The van der Waals surface area contributed by atoms with Gasteiger partial charge in [0.1, 0.15) is 11.5 Å². The molecule has 0 saturated heterocycles. The Morgan fingerprint density at radius 1 is 1.20 bits per heavy atom. The first-order valence-electron chi connectivity index (χ1n) is 6.92. The van der Waals surface area contributed by atoms with Crippen LogP contribution in [0.2, 0.25) is 0 Å². The van der Waals surface area contributed by atoms with Crippen molar-refractivity contribution in [1.82, 2.24) is 10.3 Å². The fraction of sp³-hybridized carbons (Fsp3) is 0.235. The van der Waals surface area contributed by atoms with E-state index in [2.05, 4.69) is 29.4 Å². The maximum atomic E-state index is 5.86. The van der Waals surface area contributed by atoms with E-state index in [0.29, 0.717) is 0 Å². The van der Waals surface area contributed by atoms with Gasteiger partial charge in [0.2, 0.25) is 0 Å². The average Bonchev–Trinajstić information content (AvgIpc) is 2.97. The Balaban J connectivity index is 2.02. The standard InChI is InChI=1S/C17H18N2O/c1-3-14-8-9-16(20-14)17(18-2)13-10-12-6-4-5-7-15(12)19-11-13/h4-11,17-18H,3H2,1-2H3. The number of hydrogen-bond donors (Lipinski definition) is 1. The van der Waals surface area contributed by atoms with Crippen LogP contribution in [0, 0.1) is 0 Å². The predicted octanol–water partition coefficient (Wildman–Crippen LogP) is 3.70. The summed E-state index contributed by atoms with van der Waals surface area (Å²) in [5.41, 5.74) is 2.13. The van der Waals surface area contributed by atoms with Crippen LogP contribution in [0.1, 0.15) is 30.0 Å². The number of benzene rings is 1. The molecule has 1 N–H and O–H groups in total. The summed E-state index contributed by atoms with van der Waals surface area (Å²) in [5.74, 6) is 1.94. The summed E-state index contributed by atoms with van der Waals surface area (Å²) in [4.78, 5) is 4.52. The summed E-state index contributed by atoms with van der Waals surface area (Å²) in [6.07, 6.45) is 2.82. The molecule has 0 radical (unpaired) electrons. The molecule has 102 valence electrons. The lowest BCUT2D eigenvalue weighted by Crippen LogP contribution is -2.17. The zero-order chi connectivity index (χ0) is 13.9. The largest absolute Gasteiger partial charge is 0.464 e. The number of hydrogen-bond acceptors (Lipinski definition) is 3. The molecule has 1 unspecified atom stereocenters. The van der Waals surface area contributed by atoms with Gasteiger partial charge in [-0.15, -0.1) is 0 Å². The van der Waals surface area contributed by atoms with E-state index in [-0.39, 0.29) is 6.04 Å². The minimum atomic E-state index is 0.0346. The molecule has 0 fully saturated rings. The fourth-order valence-electron chi connectivity index (χ4n) is 2.46. The number of rotatable bonds is 4. The van der Waals surface area contributed by atoms with Crippen molar-refractivity contribution in [3.63, 3.8) is 0 Å². The van der Waals surface area contributed by atoms with E-state index in [9.17, 15) is 0 Å². The van der Waals surface area contributed by atoms with Crippen LogP contribution < -0.4 is 5.32 Å². The summed E-state index contributed by atoms with van der Waals surface area (Å²) in [6, 6.07) is 14.4. The Morgan fingerprint density at radius 2 is 2.05 bits per heavy atom.